The first-order valence-corrected chi connectivity index (χ1v) is 5.11. The maximum absolute atomic E-state index is 11.0. The Hall–Kier alpha value is -0.830. The zero-order valence-corrected chi connectivity index (χ0v) is 8.91. The van der Waals surface area contributed by atoms with Crippen LogP contribution in [0.25, 0.3) is 0 Å². The number of carbonyl (C=O) groups excluding carboxylic acids is 1. The first-order valence-electron chi connectivity index (χ1n) is 5.11. The van der Waals surface area contributed by atoms with Crippen molar-refractivity contribution in [3.8, 4) is 0 Å². The topological polar surface area (TPSA) is 35.5 Å². The molecule has 2 atom stereocenters. The number of hydrogen-bond acceptors (Lipinski definition) is 3. The van der Waals surface area contributed by atoms with Gasteiger partial charge in [-0.3, -0.25) is 0 Å². The summed E-state index contributed by atoms with van der Waals surface area (Å²) < 4.78 is 10.5. The van der Waals surface area contributed by atoms with E-state index in [1.807, 2.05) is 0 Å². The Morgan fingerprint density at radius 2 is 2.21 bits per heavy atom. The Labute approximate surface area is 85.1 Å². The Morgan fingerprint density at radius 3 is 2.71 bits per heavy atom. The molecule has 0 bridgehead atoms. The van der Waals surface area contributed by atoms with Crippen molar-refractivity contribution in [1.82, 2.24) is 0 Å². The molecule has 1 heterocycles. The summed E-state index contributed by atoms with van der Waals surface area (Å²) in [5.41, 5.74) is 0.450. The number of ether oxygens (including phenoxy) is 2. The Bertz CT molecular complexity index is 217. The third-order valence-corrected chi connectivity index (χ3v) is 2.39. The third-order valence-electron chi connectivity index (χ3n) is 2.39. The number of carbonyl (C=O) groups is 1. The van der Waals surface area contributed by atoms with Crippen LogP contribution < -0.4 is 0 Å². The lowest BCUT2D eigenvalue weighted by Crippen LogP contribution is -2.37. The normalized spacial score (nSPS) is 25.3. The fourth-order valence-electron chi connectivity index (χ4n) is 1.41. The second kappa shape index (κ2) is 5.15. The predicted molar refractivity (Wildman–Crippen MR) is 54.0 cm³/mol. The number of esters is 1. The monoisotopic (exact) mass is 198 g/mol. The summed E-state index contributed by atoms with van der Waals surface area (Å²) >= 11 is 0. The lowest BCUT2D eigenvalue weighted by molar-refractivity contribution is -0.148. The molecule has 1 aliphatic rings. The van der Waals surface area contributed by atoms with Crippen molar-refractivity contribution in [2.45, 2.75) is 45.3 Å². The summed E-state index contributed by atoms with van der Waals surface area (Å²) in [5.74, 6) is -0.309. The molecular weight excluding hydrogens is 180 g/mol. The van der Waals surface area contributed by atoms with Crippen LogP contribution in [0.5, 0.6) is 0 Å². The van der Waals surface area contributed by atoms with E-state index >= 15 is 0 Å². The Morgan fingerprint density at radius 1 is 1.57 bits per heavy atom. The van der Waals surface area contributed by atoms with Gasteiger partial charge in [-0.2, -0.15) is 0 Å². The second-order valence-corrected chi connectivity index (χ2v) is 3.73. The van der Waals surface area contributed by atoms with Gasteiger partial charge in [0.2, 0.25) is 0 Å². The summed E-state index contributed by atoms with van der Waals surface area (Å²) in [6, 6.07) is 0. The molecule has 1 aliphatic heterocycles. The zero-order valence-electron chi connectivity index (χ0n) is 8.91. The van der Waals surface area contributed by atoms with Gasteiger partial charge in [-0.1, -0.05) is 13.5 Å². The fraction of sp³-hybridized carbons (Fsp3) is 0.727. The van der Waals surface area contributed by atoms with Gasteiger partial charge in [0.15, 0.2) is 0 Å². The lowest BCUT2D eigenvalue weighted by Gasteiger charge is -2.35. The Kier molecular flexibility index (Phi) is 4.14. The van der Waals surface area contributed by atoms with Crippen molar-refractivity contribution in [2.75, 3.05) is 6.61 Å². The molecule has 80 valence electrons. The molecule has 1 saturated heterocycles. The summed E-state index contributed by atoms with van der Waals surface area (Å²) in [6.45, 7) is 7.70. The highest BCUT2D eigenvalue weighted by Gasteiger charge is 2.28. The molecule has 0 aromatic heterocycles. The molecule has 0 aromatic carbocycles. The molecule has 1 rings (SSSR count). The minimum atomic E-state index is -0.309. The second-order valence-electron chi connectivity index (χ2n) is 3.73. The number of hydrogen-bond donors (Lipinski definition) is 0. The van der Waals surface area contributed by atoms with E-state index in [0.717, 1.165) is 19.3 Å². The molecule has 14 heavy (non-hydrogen) atoms. The summed E-state index contributed by atoms with van der Waals surface area (Å²) in [4.78, 5) is 11.0. The maximum Gasteiger partial charge on any atom is 0.333 e. The summed E-state index contributed by atoms with van der Waals surface area (Å²) in [5, 5.41) is 0. The molecule has 0 radical (unpaired) electrons. The van der Waals surface area contributed by atoms with Crippen LogP contribution in [0.15, 0.2) is 12.2 Å². The van der Waals surface area contributed by atoms with E-state index in [1.165, 1.54) is 0 Å². The first kappa shape index (κ1) is 11.2. The van der Waals surface area contributed by atoms with E-state index in [2.05, 4.69) is 13.5 Å². The standard InChI is InChI=1S/C11H18O3/c1-4-9-7-10(14-9)5-6-13-11(12)8(2)3/h9-10H,2,4-7H2,1,3H3. The van der Waals surface area contributed by atoms with Crippen LogP contribution in [0, 0.1) is 0 Å². The molecule has 1 fully saturated rings. The van der Waals surface area contributed by atoms with Gasteiger partial charge in [-0.25, -0.2) is 4.79 Å². The molecule has 3 nitrogen and oxygen atoms in total. The minimum Gasteiger partial charge on any atom is -0.462 e. The van der Waals surface area contributed by atoms with E-state index in [1.54, 1.807) is 6.92 Å². The highest BCUT2D eigenvalue weighted by molar-refractivity contribution is 5.86. The molecule has 0 N–H and O–H groups in total. The van der Waals surface area contributed by atoms with Gasteiger partial charge in [0.05, 0.1) is 18.8 Å². The summed E-state index contributed by atoms with van der Waals surface area (Å²) in [6.07, 6.45) is 3.69. The quantitative estimate of drug-likeness (QED) is 0.501. The highest BCUT2D eigenvalue weighted by atomic mass is 16.5. The van der Waals surface area contributed by atoms with Gasteiger partial charge >= 0.3 is 5.97 Å². The molecule has 0 aromatic rings. The summed E-state index contributed by atoms with van der Waals surface area (Å²) in [7, 11) is 0. The van der Waals surface area contributed by atoms with E-state index in [9.17, 15) is 4.79 Å². The molecule has 0 aliphatic carbocycles. The first-order chi connectivity index (χ1) is 6.63. The highest BCUT2D eigenvalue weighted by Crippen LogP contribution is 2.25. The van der Waals surface area contributed by atoms with E-state index < -0.39 is 0 Å². The molecule has 0 saturated carbocycles. The van der Waals surface area contributed by atoms with Crippen LogP contribution in [0.1, 0.15) is 33.1 Å². The van der Waals surface area contributed by atoms with E-state index in [-0.39, 0.29) is 12.1 Å². The van der Waals surface area contributed by atoms with Gasteiger partial charge < -0.3 is 9.47 Å². The van der Waals surface area contributed by atoms with Crippen molar-refractivity contribution >= 4 is 5.97 Å². The third kappa shape index (κ3) is 3.14. The van der Waals surface area contributed by atoms with Crippen molar-refractivity contribution < 1.29 is 14.3 Å². The molecule has 2 unspecified atom stereocenters. The van der Waals surface area contributed by atoms with Crippen LogP contribution in [-0.4, -0.2) is 24.8 Å². The van der Waals surface area contributed by atoms with Crippen LogP contribution in [0.2, 0.25) is 0 Å². The van der Waals surface area contributed by atoms with Gasteiger partial charge in [-0.05, 0) is 19.8 Å². The van der Waals surface area contributed by atoms with Crippen LogP contribution >= 0.6 is 0 Å². The SMILES string of the molecule is C=C(C)C(=O)OCCC1CC(CC)O1. The minimum absolute atomic E-state index is 0.290. The smallest absolute Gasteiger partial charge is 0.333 e. The van der Waals surface area contributed by atoms with Gasteiger partial charge in [0.25, 0.3) is 0 Å². The largest absolute Gasteiger partial charge is 0.462 e. The molecule has 0 spiro atoms. The van der Waals surface area contributed by atoms with Crippen molar-refractivity contribution in [3.05, 3.63) is 12.2 Å². The average molecular weight is 198 g/mol. The van der Waals surface area contributed by atoms with Gasteiger partial charge in [0, 0.05) is 12.0 Å². The van der Waals surface area contributed by atoms with Crippen LogP contribution in [0.4, 0.5) is 0 Å². The van der Waals surface area contributed by atoms with E-state index in [4.69, 9.17) is 9.47 Å². The number of rotatable bonds is 5. The molecule has 3 heteroatoms. The van der Waals surface area contributed by atoms with Gasteiger partial charge in [-0.15, -0.1) is 0 Å². The fourth-order valence-corrected chi connectivity index (χ4v) is 1.41. The Balaban J connectivity index is 2.01. The van der Waals surface area contributed by atoms with Crippen molar-refractivity contribution in [1.29, 1.82) is 0 Å². The van der Waals surface area contributed by atoms with Crippen LogP contribution in [0.3, 0.4) is 0 Å². The maximum atomic E-state index is 11.0. The average Bonchev–Trinajstić information content (AvgIpc) is 2.08. The molecule has 0 amide bonds. The van der Waals surface area contributed by atoms with E-state index in [0.29, 0.717) is 18.3 Å². The zero-order chi connectivity index (χ0) is 10.6. The predicted octanol–water partition coefficient (Wildman–Crippen LogP) is 2.06. The molecular formula is C11H18O3. The van der Waals surface area contributed by atoms with Crippen molar-refractivity contribution in [3.63, 3.8) is 0 Å². The van der Waals surface area contributed by atoms with Crippen LogP contribution in [-0.2, 0) is 14.3 Å². The van der Waals surface area contributed by atoms with Crippen molar-refractivity contribution in [2.24, 2.45) is 0 Å². The van der Waals surface area contributed by atoms with Gasteiger partial charge in [0.1, 0.15) is 0 Å². The lowest BCUT2D eigenvalue weighted by atomic mass is 10.0.